The normalized spacial score (nSPS) is 11.6. The largest absolute Gasteiger partial charge is 0.490 e. The Balaban J connectivity index is 3.37. The van der Waals surface area contributed by atoms with E-state index in [1.54, 1.807) is 20.8 Å². The van der Waals surface area contributed by atoms with Crippen LogP contribution in [0.2, 0.25) is 0 Å². The van der Waals surface area contributed by atoms with E-state index < -0.39 is 16.7 Å². The molecule has 0 radical (unpaired) electrons. The molecule has 0 aliphatic heterocycles. The average Bonchev–Trinajstić information content (AvgIpc) is 2.22. The van der Waals surface area contributed by atoms with Crippen molar-refractivity contribution in [3.05, 3.63) is 22.8 Å². The number of ether oxygens (including phenoxy) is 1. The van der Waals surface area contributed by atoms with E-state index >= 15 is 0 Å². The van der Waals surface area contributed by atoms with Crippen LogP contribution in [0.4, 0.5) is 4.39 Å². The number of hydrogen-bond donors (Lipinski definition) is 1. The van der Waals surface area contributed by atoms with E-state index in [0.717, 1.165) is 0 Å². The molecule has 0 amide bonds. The third-order valence-electron chi connectivity index (χ3n) is 2.61. The van der Waals surface area contributed by atoms with E-state index in [1.165, 1.54) is 6.07 Å². The molecule has 0 aliphatic rings. The molecule has 0 aliphatic carbocycles. The topological polar surface area (TPSA) is 69.4 Å². The van der Waals surface area contributed by atoms with Gasteiger partial charge in [0.25, 0.3) is 0 Å². The summed E-state index contributed by atoms with van der Waals surface area (Å²) in [5.74, 6) is 0.521. The number of nitrogens with two attached hydrogens (primary N) is 1. The molecule has 17 heavy (non-hydrogen) atoms. The van der Waals surface area contributed by atoms with Gasteiger partial charge in [0, 0.05) is 0 Å². The molecule has 0 saturated heterocycles. The zero-order valence-corrected chi connectivity index (χ0v) is 10.9. The lowest BCUT2D eigenvalue weighted by molar-refractivity contribution is 0.270. The monoisotopic (exact) mass is 261 g/mol. The van der Waals surface area contributed by atoms with Gasteiger partial charge in [0.05, 0.1) is 4.90 Å². The molecule has 0 bridgehead atoms. The number of halogens is 1. The van der Waals surface area contributed by atoms with Crippen molar-refractivity contribution in [3.63, 3.8) is 0 Å². The molecule has 1 aromatic carbocycles. The van der Waals surface area contributed by atoms with Gasteiger partial charge < -0.3 is 4.74 Å². The van der Waals surface area contributed by atoms with Crippen molar-refractivity contribution < 1.29 is 17.5 Å². The Bertz CT molecular complexity index is 526. The molecule has 0 heterocycles. The van der Waals surface area contributed by atoms with Gasteiger partial charge in [-0.05, 0) is 43.5 Å². The fraction of sp³-hybridized carbons (Fsp3) is 0.455. The van der Waals surface area contributed by atoms with Crippen LogP contribution in [0.5, 0.6) is 5.75 Å². The number of aryl methyl sites for hydroxylation is 1. The standard InChI is InChI=1S/C11H16FNO3S/c1-7-6-10(17(13,14)15)8(2)9(3)11(7)16-5-4-12/h6H,4-5H2,1-3H3,(H2,13,14,15). The van der Waals surface area contributed by atoms with Gasteiger partial charge in [0.2, 0.25) is 10.0 Å². The first-order valence-corrected chi connectivity index (χ1v) is 6.66. The predicted octanol–water partition coefficient (Wildman–Crippen LogP) is 1.61. The maximum atomic E-state index is 12.1. The molecular weight excluding hydrogens is 245 g/mol. The third-order valence-corrected chi connectivity index (χ3v) is 3.65. The second kappa shape index (κ2) is 5.01. The molecule has 0 saturated carbocycles. The van der Waals surface area contributed by atoms with Crippen molar-refractivity contribution in [3.8, 4) is 5.75 Å². The Morgan fingerprint density at radius 1 is 1.29 bits per heavy atom. The summed E-state index contributed by atoms with van der Waals surface area (Å²) in [5.41, 5.74) is 1.83. The highest BCUT2D eigenvalue weighted by Gasteiger charge is 2.18. The summed E-state index contributed by atoms with van der Waals surface area (Å²) in [6.07, 6.45) is 0. The third kappa shape index (κ3) is 2.95. The quantitative estimate of drug-likeness (QED) is 0.895. The van der Waals surface area contributed by atoms with E-state index in [1.807, 2.05) is 0 Å². The zero-order chi connectivity index (χ0) is 13.2. The van der Waals surface area contributed by atoms with Gasteiger partial charge in [0.1, 0.15) is 19.0 Å². The van der Waals surface area contributed by atoms with Crippen LogP contribution in [0.3, 0.4) is 0 Å². The summed E-state index contributed by atoms with van der Waals surface area (Å²) < 4.78 is 40.0. The van der Waals surface area contributed by atoms with Gasteiger partial charge in [-0.25, -0.2) is 17.9 Å². The van der Waals surface area contributed by atoms with E-state index in [2.05, 4.69) is 0 Å². The van der Waals surface area contributed by atoms with Gasteiger partial charge in [0.15, 0.2) is 0 Å². The van der Waals surface area contributed by atoms with Crippen LogP contribution < -0.4 is 9.88 Å². The molecule has 0 aromatic heterocycles. The minimum absolute atomic E-state index is 0.0458. The van der Waals surface area contributed by atoms with Crippen molar-refractivity contribution in [2.24, 2.45) is 5.14 Å². The van der Waals surface area contributed by atoms with Gasteiger partial charge in [-0.15, -0.1) is 0 Å². The molecule has 1 rings (SSSR count). The van der Waals surface area contributed by atoms with Crippen molar-refractivity contribution >= 4 is 10.0 Å². The highest BCUT2D eigenvalue weighted by Crippen LogP contribution is 2.30. The minimum Gasteiger partial charge on any atom is -0.490 e. The maximum Gasteiger partial charge on any atom is 0.238 e. The summed E-state index contributed by atoms with van der Waals surface area (Å²) in [7, 11) is -3.75. The van der Waals surface area contributed by atoms with Crippen LogP contribution >= 0.6 is 0 Å². The zero-order valence-electron chi connectivity index (χ0n) is 10.1. The maximum absolute atomic E-state index is 12.1. The first kappa shape index (κ1) is 13.9. The Labute approximate surface area is 101 Å². The fourth-order valence-corrected chi connectivity index (χ4v) is 2.60. The summed E-state index contributed by atoms with van der Waals surface area (Å²) in [6, 6.07) is 1.45. The lowest BCUT2D eigenvalue weighted by Crippen LogP contribution is -2.15. The van der Waals surface area contributed by atoms with Gasteiger partial charge in [-0.2, -0.15) is 0 Å². The molecule has 0 spiro atoms. The molecular formula is C11H16FNO3S. The fourth-order valence-electron chi connectivity index (χ4n) is 1.68. The van der Waals surface area contributed by atoms with E-state index in [0.29, 0.717) is 22.4 Å². The molecule has 6 heteroatoms. The Hall–Kier alpha value is -1.14. The SMILES string of the molecule is Cc1cc(S(N)(=O)=O)c(C)c(C)c1OCCF. The van der Waals surface area contributed by atoms with Crippen LogP contribution in [0, 0.1) is 20.8 Å². The molecule has 0 atom stereocenters. The highest BCUT2D eigenvalue weighted by molar-refractivity contribution is 7.89. The molecule has 2 N–H and O–H groups in total. The lowest BCUT2D eigenvalue weighted by atomic mass is 10.1. The van der Waals surface area contributed by atoms with Crippen LogP contribution in [-0.2, 0) is 10.0 Å². The van der Waals surface area contributed by atoms with Crippen LogP contribution in [0.25, 0.3) is 0 Å². The van der Waals surface area contributed by atoms with Gasteiger partial charge in [-0.1, -0.05) is 0 Å². The summed E-state index contributed by atoms with van der Waals surface area (Å²) >= 11 is 0. The highest BCUT2D eigenvalue weighted by atomic mass is 32.2. The summed E-state index contributed by atoms with van der Waals surface area (Å²) in [5, 5.41) is 5.12. The van der Waals surface area contributed by atoms with Gasteiger partial charge >= 0.3 is 0 Å². The average molecular weight is 261 g/mol. The second-order valence-electron chi connectivity index (χ2n) is 3.85. The number of hydrogen-bond acceptors (Lipinski definition) is 3. The number of rotatable bonds is 4. The van der Waals surface area contributed by atoms with E-state index in [9.17, 15) is 12.8 Å². The Morgan fingerprint density at radius 2 is 1.88 bits per heavy atom. The molecule has 0 unspecified atom stereocenters. The van der Waals surface area contributed by atoms with E-state index in [-0.39, 0.29) is 11.5 Å². The summed E-state index contributed by atoms with van der Waals surface area (Å²) in [4.78, 5) is 0.0834. The van der Waals surface area contributed by atoms with Crippen LogP contribution in [-0.4, -0.2) is 21.7 Å². The lowest BCUT2D eigenvalue weighted by Gasteiger charge is -2.15. The number of alkyl halides is 1. The molecule has 0 fully saturated rings. The first-order valence-electron chi connectivity index (χ1n) is 5.11. The second-order valence-corrected chi connectivity index (χ2v) is 5.38. The van der Waals surface area contributed by atoms with Crippen LogP contribution in [0.15, 0.2) is 11.0 Å². The Kier molecular flexibility index (Phi) is 4.11. The molecule has 4 nitrogen and oxygen atoms in total. The van der Waals surface area contributed by atoms with Crippen molar-refractivity contribution in [1.82, 2.24) is 0 Å². The summed E-state index contributed by atoms with van der Waals surface area (Å²) in [6.45, 7) is 4.45. The van der Waals surface area contributed by atoms with Crippen molar-refractivity contribution in [2.45, 2.75) is 25.7 Å². The first-order chi connectivity index (χ1) is 7.79. The number of benzene rings is 1. The number of sulfonamides is 1. The van der Waals surface area contributed by atoms with Gasteiger partial charge in [-0.3, -0.25) is 0 Å². The Morgan fingerprint density at radius 3 is 2.35 bits per heavy atom. The minimum atomic E-state index is -3.75. The number of primary sulfonamides is 1. The van der Waals surface area contributed by atoms with E-state index in [4.69, 9.17) is 9.88 Å². The smallest absolute Gasteiger partial charge is 0.238 e. The molecule has 96 valence electrons. The van der Waals surface area contributed by atoms with Crippen molar-refractivity contribution in [1.29, 1.82) is 0 Å². The van der Waals surface area contributed by atoms with Crippen molar-refractivity contribution in [2.75, 3.05) is 13.3 Å². The van der Waals surface area contributed by atoms with Crippen LogP contribution in [0.1, 0.15) is 16.7 Å². The molecule has 1 aromatic rings. The predicted molar refractivity (Wildman–Crippen MR) is 63.5 cm³/mol.